The highest BCUT2D eigenvalue weighted by Gasteiger charge is 2.10. The van der Waals surface area contributed by atoms with Crippen molar-refractivity contribution < 1.29 is 0 Å². The van der Waals surface area contributed by atoms with Crippen LogP contribution in [-0.2, 0) is 0 Å². The Hall–Kier alpha value is -2.95. The molecule has 3 rings (SSSR count). The molecule has 0 radical (unpaired) electrons. The highest BCUT2D eigenvalue weighted by Crippen LogP contribution is 2.26. The maximum absolute atomic E-state index is 4.54. The van der Waals surface area contributed by atoms with Gasteiger partial charge in [0.1, 0.15) is 0 Å². The SMILES string of the molecule is CC(C)c1ccccc1Nc1cnnc(NC(C)c2ccccc2)n1. The maximum atomic E-state index is 4.54. The van der Waals surface area contributed by atoms with Crippen molar-refractivity contribution in [1.82, 2.24) is 15.2 Å². The first-order valence-electron chi connectivity index (χ1n) is 8.50. The molecule has 2 aromatic carbocycles. The Morgan fingerprint density at radius 3 is 2.36 bits per heavy atom. The number of aromatic nitrogens is 3. The minimum Gasteiger partial charge on any atom is -0.346 e. The van der Waals surface area contributed by atoms with Crippen LogP contribution in [0.2, 0.25) is 0 Å². The van der Waals surface area contributed by atoms with E-state index in [1.54, 1.807) is 6.20 Å². The van der Waals surface area contributed by atoms with Crippen LogP contribution in [0, 0.1) is 0 Å². The minimum atomic E-state index is 0.0983. The monoisotopic (exact) mass is 333 g/mol. The van der Waals surface area contributed by atoms with Gasteiger partial charge in [0, 0.05) is 5.69 Å². The van der Waals surface area contributed by atoms with Crippen LogP contribution in [0.3, 0.4) is 0 Å². The lowest BCUT2D eigenvalue weighted by molar-refractivity contribution is 0.840. The first-order valence-corrected chi connectivity index (χ1v) is 8.50. The van der Waals surface area contributed by atoms with E-state index in [9.17, 15) is 0 Å². The van der Waals surface area contributed by atoms with Crippen molar-refractivity contribution in [2.24, 2.45) is 0 Å². The fourth-order valence-corrected chi connectivity index (χ4v) is 2.70. The standard InChI is InChI=1S/C20H23N5/c1-14(2)17-11-7-8-12-18(17)23-19-13-21-25-20(24-19)22-15(3)16-9-5-4-6-10-16/h4-15H,1-3H3,(H2,22,23,24,25). The van der Waals surface area contributed by atoms with Gasteiger partial charge in [-0.1, -0.05) is 62.4 Å². The van der Waals surface area contributed by atoms with E-state index < -0.39 is 0 Å². The van der Waals surface area contributed by atoms with Crippen molar-refractivity contribution in [3.8, 4) is 0 Å². The molecule has 0 amide bonds. The van der Waals surface area contributed by atoms with Crippen molar-refractivity contribution in [3.63, 3.8) is 0 Å². The van der Waals surface area contributed by atoms with Crippen molar-refractivity contribution in [1.29, 1.82) is 0 Å². The highest BCUT2D eigenvalue weighted by molar-refractivity contribution is 5.61. The summed E-state index contributed by atoms with van der Waals surface area (Å²) in [5.74, 6) is 1.60. The van der Waals surface area contributed by atoms with Crippen LogP contribution in [-0.4, -0.2) is 15.2 Å². The summed E-state index contributed by atoms with van der Waals surface area (Å²) < 4.78 is 0. The fourth-order valence-electron chi connectivity index (χ4n) is 2.70. The molecular weight excluding hydrogens is 310 g/mol. The lowest BCUT2D eigenvalue weighted by Crippen LogP contribution is -2.11. The van der Waals surface area contributed by atoms with Gasteiger partial charge in [-0.3, -0.25) is 0 Å². The van der Waals surface area contributed by atoms with Crippen molar-refractivity contribution >= 4 is 17.5 Å². The zero-order chi connectivity index (χ0) is 17.6. The molecule has 5 nitrogen and oxygen atoms in total. The molecule has 5 heteroatoms. The van der Waals surface area contributed by atoms with Gasteiger partial charge in [-0.15, -0.1) is 5.10 Å². The molecule has 0 aliphatic heterocycles. The number of benzene rings is 2. The zero-order valence-corrected chi connectivity index (χ0v) is 14.8. The Morgan fingerprint density at radius 2 is 1.60 bits per heavy atom. The fraction of sp³-hybridized carbons (Fsp3) is 0.250. The number of anilines is 3. The predicted molar refractivity (Wildman–Crippen MR) is 102 cm³/mol. The summed E-state index contributed by atoms with van der Waals surface area (Å²) in [7, 11) is 0. The van der Waals surface area contributed by atoms with Crippen LogP contribution in [0.1, 0.15) is 43.9 Å². The molecule has 1 atom stereocenters. The van der Waals surface area contributed by atoms with Gasteiger partial charge in [-0.2, -0.15) is 10.1 Å². The molecule has 2 N–H and O–H groups in total. The Kier molecular flexibility index (Phi) is 5.23. The summed E-state index contributed by atoms with van der Waals surface area (Å²) in [5.41, 5.74) is 3.46. The maximum Gasteiger partial charge on any atom is 0.245 e. The van der Waals surface area contributed by atoms with Gasteiger partial charge < -0.3 is 10.6 Å². The molecule has 0 saturated carbocycles. The molecule has 0 saturated heterocycles. The second-order valence-corrected chi connectivity index (χ2v) is 6.31. The third-order valence-corrected chi connectivity index (χ3v) is 4.05. The van der Waals surface area contributed by atoms with Gasteiger partial charge in [-0.05, 0) is 30.0 Å². The van der Waals surface area contributed by atoms with E-state index in [0.29, 0.717) is 17.7 Å². The van der Waals surface area contributed by atoms with Crippen LogP contribution in [0.15, 0.2) is 60.8 Å². The van der Waals surface area contributed by atoms with E-state index in [1.807, 2.05) is 30.3 Å². The quantitative estimate of drug-likeness (QED) is 0.671. The van der Waals surface area contributed by atoms with Gasteiger partial charge in [0.15, 0.2) is 5.82 Å². The number of rotatable bonds is 6. The number of nitrogens with zero attached hydrogens (tertiary/aromatic N) is 3. The van der Waals surface area contributed by atoms with Crippen molar-refractivity contribution in [3.05, 3.63) is 71.9 Å². The summed E-state index contributed by atoms with van der Waals surface area (Å²) in [6.45, 7) is 6.42. The predicted octanol–water partition coefficient (Wildman–Crippen LogP) is 4.91. The van der Waals surface area contributed by atoms with E-state index in [1.165, 1.54) is 11.1 Å². The summed E-state index contributed by atoms with van der Waals surface area (Å²) in [5, 5.41) is 14.8. The molecule has 128 valence electrons. The lowest BCUT2D eigenvalue weighted by Gasteiger charge is -2.16. The third kappa shape index (κ3) is 4.32. The van der Waals surface area contributed by atoms with Crippen LogP contribution in [0.4, 0.5) is 17.5 Å². The Balaban J connectivity index is 1.76. The molecule has 25 heavy (non-hydrogen) atoms. The van der Waals surface area contributed by atoms with Gasteiger partial charge in [0.2, 0.25) is 5.95 Å². The Bertz CT molecular complexity index is 817. The van der Waals surface area contributed by atoms with Gasteiger partial charge in [0.25, 0.3) is 0 Å². The third-order valence-electron chi connectivity index (χ3n) is 4.05. The van der Waals surface area contributed by atoms with Crippen LogP contribution >= 0.6 is 0 Å². The summed E-state index contributed by atoms with van der Waals surface area (Å²) in [6, 6.07) is 18.5. The first-order chi connectivity index (χ1) is 12.1. The number of hydrogen-bond acceptors (Lipinski definition) is 5. The molecule has 0 bridgehead atoms. The lowest BCUT2D eigenvalue weighted by atomic mass is 10.0. The second-order valence-electron chi connectivity index (χ2n) is 6.31. The summed E-state index contributed by atoms with van der Waals surface area (Å²) in [4.78, 5) is 4.54. The molecule has 0 aliphatic carbocycles. The van der Waals surface area contributed by atoms with Crippen molar-refractivity contribution in [2.45, 2.75) is 32.7 Å². The average molecular weight is 333 g/mol. The minimum absolute atomic E-state index is 0.0983. The van der Waals surface area contributed by atoms with Crippen LogP contribution < -0.4 is 10.6 Å². The zero-order valence-electron chi connectivity index (χ0n) is 14.8. The van der Waals surface area contributed by atoms with Gasteiger partial charge in [-0.25, -0.2) is 0 Å². The molecule has 0 aliphatic rings. The topological polar surface area (TPSA) is 62.7 Å². The van der Waals surface area contributed by atoms with E-state index >= 15 is 0 Å². The number of hydrogen-bond donors (Lipinski definition) is 2. The van der Waals surface area contributed by atoms with Crippen LogP contribution in [0.5, 0.6) is 0 Å². The molecule has 0 fully saturated rings. The van der Waals surface area contributed by atoms with E-state index in [2.05, 4.69) is 70.9 Å². The first kappa shape index (κ1) is 16.9. The number of nitrogens with one attached hydrogen (secondary N) is 2. The molecule has 1 aromatic heterocycles. The van der Waals surface area contributed by atoms with E-state index in [0.717, 1.165) is 5.69 Å². The Labute approximate surface area is 148 Å². The Morgan fingerprint density at radius 1 is 0.880 bits per heavy atom. The normalized spacial score (nSPS) is 12.0. The molecule has 1 heterocycles. The largest absolute Gasteiger partial charge is 0.346 e. The molecule has 3 aromatic rings. The summed E-state index contributed by atoms with van der Waals surface area (Å²) >= 11 is 0. The molecular formula is C20H23N5. The number of para-hydroxylation sites is 1. The molecule has 0 spiro atoms. The van der Waals surface area contributed by atoms with E-state index in [-0.39, 0.29) is 6.04 Å². The molecule has 1 unspecified atom stereocenters. The van der Waals surface area contributed by atoms with Crippen molar-refractivity contribution in [2.75, 3.05) is 10.6 Å². The smallest absolute Gasteiger partial charge is 0.245 e. The van der Waals surface area contributed by atoms with E-state index in [4.69, 9.17) is 0 Å². The highest BCUT2D eigenvalue weighted by atomic mass is 15.3. The van der Waals surface area contributed by atoms with Gasteiger partial charge in [0.05, 0.1) is 12.2 Å². The average Bonchev–Trinajstić information content (AvgIpc) is 2.63. The summed E-state index contributed by atoms with van der Waals surface area (Å²) in [6.07, 6.45) is 1.63. The van der Waals surface area contributed by atoms with Crippen LogP contribution in [0.25, 0.3) is 0 Å². The second kappa shape index (κ2) is 7.75. The van der Waals surface area contributed by atoms with Gasteiger partial charge >= 0.3 is 0 Å².